The molecule has 0 saturated carbocycles. The number of carbonyl (C=O) groups excluding carboxylic acids is 1. The van der Waals surface area contributed by atoms with Gasteiger partial charge in [-0.2, -0.15) is 0 Å². The molecular weight excluding hydrogens is 332 g/mol. The average Bonchev–Trinajstić information content (AvgIpc) is 2.89. The molecule has 0 spiro atoms. The number of aromatic nitrogens is 1. The predicted octanol–water partition coefficient (Wildman–Crippen LogP) is 3.45. The number of halogens is 1. The lowest BCUT2D eigenvalue weighted by atomic mass is 10.1. The molecule has 0 unspecified atom stereocenters. The normalized spacial score (nSPS) is 10.7. The van der Waals surface area contributed by atoms with Crippen LogP contribution < -0.4 is 5.32 Å². The standard InChI is InChI=1S/C16H13BrN2O2/c17-12-5-3-4-11(8-12)10-18-16(20)9-14-13-6-1-2-7-15(13)21-19-14/h1-8H,9-10H2,(H,18,20). The van der Waals surface area contributed by atoms with E-state index in [-0.39, 0.29) is 12.3 Å². The lowest BCUT2D eigenvalue weighted by Crippen LogP contribution is -2.24. The Kier molecular flexibility index (Phi) is 4.01. The van der Waals surface area contributed by atoms with Crippen LogP contribution in [0.3, 0.4) is 0 Å². The third kappa shape index (κ3) is 3.31. The molecule has 0 aliphatic rings. The van der Waals surface area contributed by atoms with Crippen molar-refractivity contribution in [3.8, 4) is 0 Å². The minimum Gasteiger partial charge on any atom is -0.356 e. The molecule has 5 heteroatoms. The van der Waals surface area contributed by atoms with Gasteiger partial charge in [0, 0.05) is 16.4 Å². The van der Waals surface area contributed by atoms with Gasteiger partial charge in [-0.15, -0.1) is 0 Å². The quantitative estimate of drug-likeness (QED) is 0.788. The van der Waals surface area contributed by atoms with E-state index in [0.717, 1.165) is 15.4 Å². The summed E-state index contributed by atoms with van der Waals surface area (Å²) in [5.74, 6) is -0.0750. The van der Waals surface area contributed by atoms with Crippen LogP contribution in [0.1, 0.15) is 11.3 Å². The molecule has 106 valence electrons. The van der Waals surface area contributed by atoms with Crippen LogP contribution in [-0.4, -0.2) is 11.1 Å². The van der Waals surface area contributed by atoms with Gasteiger partial charge in [0.15, 0.2) is 5.58 Å². The topological polar surface area (TPSA) is 55.1 Å². The van der Waals surface area contributed by atoms with E-state index in [1.54, 1.807) is 0 Å². The van der Waals surface area contributed by atoms with Crippen LogP contribution in [0.4, 0.5) is 0 Å². The van der Waals surface area contributed by atoms with Gasteiger partial charge in [0.05, 0.1) is 6.42 Å². The minimum atomic E-state index is -0.0750. The third-order valence-electron chi connectivity index (χ3n) is 3.16. The van der Waals surface area contributed by atoms with E-state index < -0.39 is 0 Å². The number of nitrogens with one attached hydrogen (secondary N) is 1. The summed E-state index contributed by atoms with van der Waals surface area (Å²) in [6.07, 6.45) is 0.213. The molecule has 0 aliphatic carbocycles. The molecule has 0 radical (unpaired) electrons. The van der Waals surface area contributed by atoms with Crippen molar-refractivity contribution in [2.45, 2.75) is 13.0 Å². The van der Waals surface area contributed by atoms with Crippen molar-refractivity contribution in [1.29, 1.82) is 0 Å². The summed E-state index contributed by atoms with van der Waals surface area (Å²) >= 11 is 3.41. The summed E-state index contributed by atoms with van der Waals surface area (Å²) in [5.41, 5.74) is 2.41. The zero-order valence-corrected chi connectivity index (χ0v) is 12.8. The maximum Gasteiger partial charge on any atom is 0.226 e. The van der Waals surface area contributed by atoms with Gasteiger partial charge in [-0.1, -0.05) is 45.4 Å². The fourth-order valence-corrected chi connectivity index (χ4v) is 2.57. The van der Waals surface area contributed by atoms with E-state index in [1.165, 1.54) is 0 Å². The Labute approximate surface area is 130 Å². The van der Waals surface area contributed by atoms with Crippen LogP contribution in [0.25, 0.3) is 11.0 Å². The first-order chi connectivity index (χ1) is 10.2. The molecular formula is C16H13BrN2O2. The fraction of sp³-hybridized carbons (Fsp3) is 0.125. The first-order valence-corrected chi connectivity index (χ1v) is 7.36. The Balaban J connectivity index is 1.64. The van der Waals surface area contributed by atoms with E-state index >= 15 is 0 Å². The smallest absolute Gasteiger partial charge is 0.226 e. The summed E-state index contributed by atoms with van der Waals surface area (Å²) in [6, 6.07) is 15.4. The lowest BCUT2D eigenvalue weighted by molar-refractivity contribution is -0.120. The Bertz CT molecular complexity index is 783. The Hall–Kier alpha value is -2.14. The van der Waals surface area contributed by atoms with Crippen LogP contribution >= 0.6 is 15.9 Å². The van der Waals surface area contributed by atoms with Crippen molar-refractivity contribution in [2.75, 3.05) is 0 Å². The van der Waals surface area contributed by atoms with Crippen LogP contribution in [-0.2, 0) is 17.8 Å². The van der Waals surface area contributed by atoms with Gasteiger partial charge >= 0.3 is 0 Å². The second-order valence-corrected chi connectivity index (χ2v) is 5.62. The molecule has 3 aromatic rings. The molecule has 1 N–H and O–H groups in total. The van der Waals surface area contributed by atoms with Crippen molar-refractivity contribution >= 4 is 32.8 Å². The van der Waals surface area contributed by atoms with Crippen LogP contribution in [0.15, 0.2) is 57.5 Å². The van der Waals surface area contributed by atoms with Crippen molar-refractivity contribution in [1.82, 2.24) is 10.5 Å². The van der Waals surface area contributed by atoms with Gasteiger partial charge in [0.25, 0.3) is 0 Å². The number of fused-ring (bicyclic) bond motifs is 1. The predicted molar refractivity (Wildman–Crippen MR) is 83.7 cm³/mol. The summed E-state index contributed by atoms with van der Waals surface area (Å²) in [5, 5.41) is 7.73. The largest absolute Gasteiger partial charge is 0.356 e. The van der Waals surface area contributed by atoms with Crippen molar-refractivity contribution in [3.63, 3.8) is 0 Å². The van der Waals surface area contributed by atoms with Crippen molar-refractivity contribution in [3.05, 3.63) is 64.3 Å². The molecule has 0 saturated heterocycles. The van der Waals surface area contributed by atoms with Crippen LogP contribution in [0.5, 0.6) is 0 Å². The molecule has 1 aromatic heterocycles. The fourth-order valence-electron chi connectivity index (χ4n) is 2.13. The Morgan fingerprint density at radius 1 is 1.19 bits per heavy atom. The van der Waals surface area contributed by atoms with Gasteiger partial charge in [-0.3, -0.25) is 4.79 Å². The molecule has 4 nitrogen and oxygen atoms in total. The van der Waals surface area contributed by atoms with E-state index in [4.69, 9.17) is 4.52 Å². The van der Waals surface area contributed by atoms with Gasteiger partial charge in [-0.05, 0) is 29.8 Å². The van der Waals surface area contributed by atoms with Crippen LogP contribution in [0.2, 0.25) is 0 Å². The Morgan fingerprint density at radius 2 is 2.05 bits per heavy atom. The molecule has 1 heterocycles. The van der Waals surface area contributed by atoms with Gasteiger partial charge in [0.1, 0.15) is 5.69 Å². The maximum absolute atomic E-state index is 12.0. The number of rotatable bonds is 4. The third-order valence-corrected chi connectivity index (χ3v) is 3.65. The highest BCUT2D eigenvalue weighted by molar-refractivity contribution is 9.10. The summed E-state index contributed by atoms with van der Waals surface area (Å²) in [7, 11) is 0. The summed E-state index contributed by atoms with van der Waals surface area (Å²) < 4.78 is 6.19. The molecule has 1 amide bonds. The minimum absolute atomic E-state index is 0.0750. The first kappa shape index (κ1) is 13.8. The molecule has 0 atom stereocenters. The molecule has 21 heavy (non-hydrogen) atoms. The molecule has 2 aromatic carbocycles. The molecule has 0 bridgehead atoms. The van der Waals surface area contributed by atoms with Gasteiger partial charge in [0.2, 0.25) is 5.91 Å². The second kappa shape index (κ2) is 6.10. The monoisotopic (exact) mass is 344 g/mol. The number of para-hydroxylation sites is 1. The number of amides is 1. The summed E-state index contributed by atoms with van der Waals surface area (Å²) in [4.78, 5) is 12.0. The van der Waals surface area contributed by atoms with E-state index in [2.05, 4.69) is 26.4 Å². The molecule has 3 rings (SSSR count). The van der Waals surface area contributed by atoms with Gasteiger partial charge in [-0.25, -0.2) is 0 Å². The molecule has 0 fully saturated rings. The average molecular weight is 345 g/mol. The van der Waals surface area contributed by atoms with Crippen molar-refractivity contribution < 1.29 is 9.32 Å². The van der Waals surface area contributed by atoms with E-state index in [0.29, 0.717) is 17.8 Å². The highest BCUT2D eigenvalue weighted by atomic mass is 79.9. The number of carbonyl (C=O) groups is 1. The summed E-state index contributed by atoms with van der Waals surface area (Å²) in [6.45, 7) is 0.494. The van der Waals surface area contributed by atoms with Crippen molar-refractivity contribution in [2.24, 2.45) is 0 Å². The van der Waals surface area contributed by atoms with E-state index in [9.17, 15) is 4.79 Å². The highest BCUT2D eigenvalue weighted by Crippen LogP contribution is 2.18. The lowest BCUT2D eigenvalue weighted by Gasteiger charge is -2.04. The maximum atomic E-state index is 12.0. The number of hydrogen-bond donors (Lipinski definition) is 1. The second-order valence-electron chi connectivity index (χ2n) is 4.71. The zero-order chi connectivity index (χ0) is 14.7. The Morgan fingerprint density at radius 3 is 2.90 bits per heavy atom. The van der Waals surface area contributed by atoms with Crippen LogP contribution in [0, 0.1) is 0 Å². The first-order valence-electron chi connectivity index (χ1n) is 6.57. The number of benzene rings is 2. The SMILES string of the molecule is O=C(Cc1noc2ccccc12)NCc1cccc(Br)c1. The molecule has 0 aliphatic heterocycles. The highest BCUT2D eigenvalue weighted by Gasteiger charge is 2.11. The zero-order valence-electron chi connectivity index (χ0n) is 11.2. The number of nitrogens with zero attached hydrogens (tertiary/aromatic N) is 1. The van der Waals surface area contributed by atoms with E-state index in [1.807, 2.05) is 48.5 Å². The van der Waals surface area contributed by atoms with Gasteiger partial charge < -0.3 is 9.84 Å². The number of hydrogen-bond acceptors (Lipinski definition) is 3.